The lowest BCUT2D eigenvalue weighted by Gasteiger charge is -2.07. The van der Waals surface area contributed by atoms with E-state index in [0.29, 0.717) is 18.6 Å². The normalized spacial score (nSPS) is 10.9. The number of aromatic nitrogens is 4. The first-order valence-electron chi connectivity index (χ1n) is 10.5. The summed E-state index contributed by atoms with van der Waals surface area (Å²) in [5.74, 6) is 0.552. The van der Waals surface area contributed by atoms with Crippen molar-refractivity contribution in [1.29, 1.82) is 0 Å². The molecule has 5 rings (SSSR count). The number of benzene rings is 3. The van der Waals surface area contributed by atoms with Crippen LogP contribution >= 0.6 is 0 Å². The minimum absolute atomic E-state index is 0.130. The maximum atomic E-state index is 12.5. The molecule has 2 aromatic heterocycles. The van der Waals surface area contributed by atoms with Gasteiger partial charge in [-0.05, 0) is 18.1 Å². The smallest absolute Gasteiger partial charge is 0.255 e. The lowest BCUT2D eigenvalue weighted by molar-refractivity contribution is -0.116. The first-order chi connectivity index (χ1) is 15.8. The van der Waals surface area contributed by atoms with Crippen LogP contribution in [-0.2, 0) is 11.2 Å². The molecule has 0 aliphatic heterocycles. The lowest BCUT2D eigenvalue weighted by Crippen LogP contribution is -2.13. The van der Waals surface area contributed by atoms with Crippen LogP contribution in [-0.4, -0.2) is 25.5 Å². The standard InChI is InChI=1S/C26H21N5O/c32-24(17-16-19-10-4-1-5-11-19)28-25-29-26-27-22(20-12-6-2-7-13-20)18-23(31(26)30-25)21-14-8-3-9-15-21/h1-15,18H,16-17H2,(H,28,30,32). The average molecular weight is 419 g/mol. The number of carbonyl (C=O) groups is 1. The predicted molar refractivity (Wildman–Crippen MR) is 125 cm³/mol. The van der Waals surface area contributed by atoms with Crippen LogP contribution in [0.15, 0.2) is 97.1 Å². The van der Waals surface area contributed by atoms with Crippen molar-refractivity contribution in [2.24, 2.45) is 0 Å². The molecule has 6 nitrogen and oxygen atoms in total. The van der Waals surface area contributed by atoms with Gasteiger partial charge in [-0.1, -0.05) is 91.0 Å². The molecule has 0 unspecified atom stereocenters. The van der Waals surface area contributed by atoms with Gasteiger partial charge >= 0.3 is 0 Å². The molecule has 156 valence electrons. The highest BCUT2D eigenvalue weighted by atomic mass is 16.1. The molecule has 0 saturated carbocycles. The Kier molecular flexibility index (Phi) is 5.41. The van der Waals surface area contributed by atoms with Gasteiger partial charge in [0.25, 0.3) is 11.7 Å². The van der Waals surface area contributed by atoms with Crippen molar-refractivity contribution in [2.75, 3.05) is 5.32 Å². The van der Waals surface area contributed by atoms with Crippen LogP contribution in [0.5, 0.6) is 0 Å². The van der Waals surface area contributed by atoms with Gasteiger partial charge in [-0.25, -0.2) is 4.98 Å². The predicted octanol–water partition coefficient (Wildman–Crippen LogP) is 5.03. The Hall–Kier alpha value is -4.32. The van der Waals surface area contributed by atoms with Crippen molar-refractivity contribution < 1.29 is 4.79 Å². The van der Waals surface area contributed by atoms with Gasteiger partial charge in [0.15, 0.2) is 0 Å². The molecule has 3 aromatic carbocycles. The van der Waals surface area contributed by atoms with Crippen LogP contribution in [0.25, 0.3) is 28.3 Å². The topological polar surface area (TPSA) is 72.2 Å². The van der Waals surface area contributed by atoms with Gasteiger partial charge < -0.3 is 0 Å². The summed E-state index contributed by atoms with van der Waals surface area (Å²) >= 11 is 0. The second-order valence-electron chi connectivity index (χ2n) is 7.44. The van der Waals surface area contributed by atoms with E-state index in [4.69, 9.17) is 4.98 Å². The van der Waals surface area contributed by atoms with E-state index in [-0.39, 0.29) is 11.9 Å². The summed E-state index contributed by atoms with van der Waals surface area (Å²) in [5.41, 5.74) is 4.75. The summed E-state index contributed by atoms with van der Waals surface area (Å²) in [6.45, 7) is 0. The van der Waals surface area contributed by atoms with Gasteiger partial charge in [0.1, 0.15) is 0 Å². The molecular formula is C26H21N5O. The van der Waals surface area contributed by atoms with Crippen LogP contribution in [0, 0.1) is 0 Å². The van der Waals surface area contributed by atoms with Crippen molar-refractivity contribution in [3.05, 3.63) is 103 Å². The maximum Gasteiger partial charge on any atom is 0.255 e. The number of amides is 1. The minimum Gasteiger partial charge on any atom is -0.293 e. The zero-order valence-electron chi connectivity index (χ0n) is 17.3. The monoisotopic (exact) mass is 419 g/mol. The number of carbonyl (C=O) groups excluding carboxylic acids is 1. The largest absolute Gasteiger partial charge is 0.293 e. The van der Waals surface area contributed by atoms with Crippen molar-refractivity contribution in [3.63, 3.8) is 0 Å². The molecule has 0 fully saturated rings. The summed E-state index contributed by atoms with van der Waals surface area (Å²) < 4.78 is 1.68. The van der Waals surface area contributed by atoms with E-state index in [1.165, 1.54) is 0 Å². The lowest BCUT2D eigenvalue weighted by atomic mass is 10.1. The second kappa shape index (κ2) is 8.81. The van der Waals surface area contributed by atoms with Crippen molar-refractivity contribution >= 4 is 17.6 Å². The van der Waals surface area contributed by atoms with Crippen LogP contribution in [0.2, 0.25) is 0 Å². The van der Waals surface area contributed by atoms with E-state index >= 15 is 0 Å². The van der Waals surface area contributed by atoms with Crippen LogP contribution in [0.1, 0.15) is 12.0 Å². The van der Waals surface area contributed by atoms with E-state index in [1.807, 2.05) is 97.1 Å². The molecule has 2 heterocycles. The average Bonchev–Trinajstić information content (AvgIpc) is 3.26. The number of hydrogen-bond acceptors (Lipinski definition) is 4. The molecule has 0 radical (unpaired) electrons. The Labute approximate surface area is 185 Å². The summed E-state index contributed by atoms with van der Waals surface area (Å²) in [4.78, 5) is 21.7. The molecule has 5 aromatic rings. The Bertz CT molecular complexity index is 1350. The second-order valence-corrected chi connectivity index (χ2v) is 7.44. The van der Waals surface area contributed by atoms with Crippen molar-refractivity contribution in [2.45, 2.75) is 12.8 Å². The number of nitrogens with zero attached hydrogens (tertiary/aromatic N) is 4. The molecular weight excluding hydrogens is 398 g/mol. The van der Waals surface area contributed by atoms with Crippen LogP contribution in [0.4, 0.5) is 5.95 Å². The van der Waals surface area contributed by atoms with Crippen LogP contribution in [0.3, 0.4) is 0 Å². The fourth-order valence-corrected chi connectivity index (χ4v) is 3.58. The number of anilines is 1. The molecule has 1 N–H and O–H groups in total. The number of fused-ring (bicyclic) bond motifs is 1. The number of aryl methyl sites for hydroxylation is 1. The van der Waals surface area contributed by atoms with Gasteiger partial charge in [0, 0.05) is 17.5 Å². The van der Waals surface area contributed by atoms with Gasteiger partial charge in [-0.2, -0.15) is 9.50 Å². The van der Waals surface area contributed by atoms with E-state index in [0.717, 1.165) is 28.1 Å². The minimum atomic E-state index is -0.130. The highest BCUT2D eigenvalue weighted by molar-refractivity contribution is 5.89. The number of rotatable bonds is 6. The SMILES string of the molecule is O=C(CCc1ccccc1)Nc1nc2nc(-c3ccccc3)cc(-c3ccccc3)n2n1. The van der Waals surface area contributed by atoms with Crippen LogP contribution < -0.4 is 5.32 Å². The van der Waals surface area contributed by atoms with Crippen molar-refractivity contribution in [1.82, 2.24) is 19.6 Å². The Morgan fingerprint density at radius 2 is 1.41 bits per heavy atom. The molecule has 6 heteroatoms. The number of nitrogens with one attached hydrogen (secondary N) is 1. The summed E-state index contributed by atoms with van der Waals surface area (Å²) in [6, 6.07) is 31.8. The van der Waals surface area contributed by atoms with E-state index in [2.05, 4.69) is 15.4 Å². The fourth-order valence-electron chi connectivity index (χ4n) is 3.58. The maximum absolute atomic E-state index is 12.5. The molecule has 0 aliphatic carbocycles. The van der Waals surface area contributed by atoms with Gasteiger partial charge in [0.2, 0.25) is 5.91 Å². The molecule has 0 spiro atoms. The summed E-state index contributed by atoms with van der Waals surface area (Å²) in [6.07, 6.45) is 1.01. The number of hydrogen-bond donors (Lipinski definition) is 1. The zero-order valence-corrected chi connectivity index (χ0v) is 17.3. The van der Waals surface area contributed by atoms with Gasteiger partial charge in [-0.15, -0.1) is 5.10 Å². The molecule has 32 heavy (non-hydrogen) atoms. The first kappa shape index (κ1) is 19.6. The Morgan fingerprint density at radius 1 is 0.781 bits per heavy atom. The molecule has 1 amide bonds. The first-order valence-corrected chi connectivity index (χ1v) is 10.5. The summed E-state index contributed by atoms with van der Waals surface area (Å²) in [7, 11) is 0. The Balaban J connectivity index is 1.47. The van der Waals surface area contributed by atoms with E-state index < -0.39 is 0 Å². The van der Waals surface area contributed by atoms with Gasteiger partial charge in [-0.3, -0.25) is 10.1 Å². The van der Waals surface area contributed by atoms with E-state index in [9.17, 15) is 4.79 Å². The van der Waals surface area contributed by atoms with Crippen molar-refractivity contribution in [3.8, 4) is 22.5 Å². The highest BCUT2D eigenvalue weighted by Crippen LogP contribution is 2.26. The third-order valence-corrected chi connectivity index (χ3v) is 5.19. The quantitative estimate of drug-likeness (QED) is 0.419. The molecule has 0 saturated heterocycles. The Morgan fingerprint density at radius 3 is 2.09 bits per heavy atom. The van der Waals surface area contributed by atoms with Gasteiger partial charge in [0.05, 0.1) is 11.4 Å². The third kappa shape index (κ3) is 4.25. The molecule has 0 aliphatic rings. The molecule has 0 atom stereocenters. The third-order valence-electron chi connectivity index (χ3n) is 5.19. The van der Waals surface area contributed by atoms with E-state index in [1.54, 1.807) is 4.52 Å². The molecule has 0 bridgehead atoms. The summed E-state index contributed by atoms with van der Waals surface area (Å²) in [5, 5.41) is 7.35. The highest BCUT2D eigenvalue weighted by Gasteiger charge is 2.15. The fraction of sp³-hybridized carbons (Fsp3) is 0.0769. The zero-order chi connectivity index (χ0) is 21.8.